The summed E-state index contributed by atoms with van der Waals surface area (Å²) >= 11 is 0. The minimum Gasteiger partial charge on any atom is -0.495 e. The maximum absolute atomic E-state index is 12.8. The van der Waals surface area contributed by atoms with E-state index in [0.29, 0.717) is 22.3 Å². The number of nitrogens with zero attached hydrogens (tertiary/aromatic N) is 2. The Morgan fingerprint density at radius 2 is 2.00 bits per heavy atom. The SMILES string of the molecule is COc1ccc(C)cc1N1C[C@@H](C(=O)O[C@@H](C)c2nc3ccccc3c(=O)[nH]2)CC1=O. The number of carbonyl (C=O) groups excluding carboxylic acids is 2. The van der Waals surface area contributed by atoms with E-state index in [0.717, 1.165) is 5.56 Å². The van der Waals surface area contributed by atoms with Crippen molar-refractivity contribution in [3.8, 4) is 5.75 Å². The summed E-state index contributed by atoms with van der Waals surface area (Å²) in [5, 5.41) is 0.467. The predicted octanol–water partition coefficient (Wildman–Crippen LogP) is 2.90. The van der Waals surface area contributed by atoms with Gasteiger partial charge in [-0.25, -0.2) is 4.98 Å². The first-order chi connectivity index (χ1) is 14.9. The van der Waals surface area contributed by atoms with Gasteiger partial charge in [-0.3, -0.25) is 14.4 Å². The third-order valence-corrected chi connectivity index (χ3v) is 5.39. The number of methoxy groups -OCH3 is 1. The molecule has 2 heterocycles. The van der Waals surface area contributed by atoms with Gasteiger partial charge in [0.1, 0.15) is 5.75 Å². The summed E-state index contributed by atoms with van der Waals surface area (Å²) in [6, 6.07) is 12.5. The predicted molar refractivity (Wildman–Crippen MR) is 115 cm³/mol. The van der Waals surface area contributed by atoms with Gasteiger partial charge in [-0.1, -0.05) is 18.2 Å². The van der Waals surface area contributed by atoms with Gasteiger partial charge < -0.3 is 19.4 Å². The zero-order valence-corrected chi connectivity index (χ0v) is 17.5. The standard InChI is InChI=1S/C23H23N3O5/c1-13-8-9-19(30-3)18(10-13)26-12-15(11-20(26)27)23(29)31-14(2)21-24-17-7-5-4-6-16(17)22(28)25-21/h4-10,14-15H,11-12H2,1-3H3,(H,24,25,28)/t14-,15-/m0/s1. The summed E-state index contributed by atoms with van der Waals surface area (Å²) in [6.45, 7) is 3.77. The molecule has 3 aromatic rings. The summed E-state index contributed by atoms with van der Waals surface area (Å²) < 4.78 is 10.9. The van der Waals surface area contributed by atoms with Crippen molar-refractivity contribution in [3.05, 3.63) is 64.2 Å². The maximum Gasteiger partial charge on any atom is 0.311 e. The maximum atomic E-state index is 12.8. The molecule has 1 aliphatic rings. The van der Waals surface area contributed by atoms with Crippen LogP contribution in [0, 0.1) is 12.8 Å². The largest absolute Gasteiger partial charge is 0.495 e. The van der Waals surface area contributed by atoms with Crippen LogP contribution in [0.3, 0.4) is 0 Å². The number of hydrogen-bond donors (Lipinski definition) is 1. The van der Waals surface area contributed by atoms with Gasteiger partial charge in [0, 0.05) is 13.0 Å². The lowest BCUT2D eigenvalue weighted by molar-refractivity contribution is -0.153. The van der Waals surface area contributed by atoms with E-state index >= 15 is 0 Å². The van der Waals surface area contributed by atoms with Crippen LogP contribution in [0.25, 0.3) is 10.9 Å². The molecule has 8 heteroatoms. The van der Waals surface area contributed by atoms with Crippen molar-refractivity contribution in [1.29, 1.82) is 0 Å². The number of nitrogens with one attached hydrogen (secondary N) is 1. The molecular formula is C23H23N3O5. The Morgan fingerprint density at radius 1 is 1.23 bits per heavy atom. The van der Waals surface area contributed by atoms with Crippen molar-refractivity contribution in [2.45, 2.75) is 26.4 Å². The number of carbonyl (C=O) groups is 2. The molecule has 31 heavy (non-hydrogen) atoms. The van der Waals surface area contributed by atoms with Crippen molar-refractivity contribution in [2.75, 3.05) is 18.6 Å². The van der Waals surface area contributed by atoms with E-state index in [1.165, 1.54) is 0 Å². The number of amides is 1. The van der Waals surface area contributed by atoms with Crippen LogP contribution in [-0.2, 0) is 14.3 Å². The van der Waals surface area contributed by atoms with E-state index in [4.69, 9.17) is 9.47 Å². The van der Waals surface area contributed by atoms with Gasteiger partial charge in [-0.2, -0.15) is 0 Å². The molecule has 0 bridgehead atoms. The number of aromatic amines is 1. The second kappa shape index (κ2) is 8.22. The van der Waals surface area contributed by atoms with E-state index in [2.05, 4.69) is 9.97 Å². The molecule has 1 fully saturated rings. The fourth-order valence-electron chi connectivity index (χ4n) is 3.73. The van der Waals surface area contributed by atoms with Crippen LogP contribution < -0.4 is 15.2 Å². The summed E-state index contributed by atoms with van der Waals surface area (Å²) in [5.74, 6) is -0.466. The molecule has 2 aromatic carbocycles. The first-order valence-electron chi connectivity index (χ1n) is 10.0. The molecule has 0 unspecified atom stereocenters. The number of hydrogen-bond acceptors (Lipinski definition) is 6. The Morgan fingerprint density at radius 3 is 2.77 bits per heavy atom. The number of aryl methyl sites for hydroxylation is 1. The average Bonchev–Trinajstić information content (AvgIpc) is 3.15. The molecule has 1 amide bonds. The van der Waals surface area contributed by atoms with Crippen molar-refractivity contribution >= 4 is 28.5 Å². The number of para-hydroxylation sites is 1. The average molecular weight is 421 g/mol. The number of H-pyrrole nitrogens is 1. The van der Waals surface area contributed by atoms with Crippen LogP contribution in [0.1, 0.15) is 30.8 Å². The normalized spacial score (nSPS) is 17.1. The molecule has 1 aromatic heterocycles. The Balaban J connectivity index is 1.50. The van der Waals surface area contributed by atoms with Crippen LogP contribution in [0.2, 0.25) is 0 Å². The molecule has 0 spiro atoms. The first-order valence-corrected chi connectivity index (χ1v) is 10.0. The van der Waals surface area contributed by atoms with Crippen LogP contribution in [0.5, 0.6) is 5.75 Å². The number of esters is 1. The van der Waals surface area contributed by atoms with E-state index in [-0.39, 0.29) is 30.3 Å². The van der Waals surface area contributed by atoms with Gasteiger partial charge in [-0.05, 0) is 43.7 Å². The van der Waals surface area contributed by atoms with Gasteiger partial charge in [0.2, 0.25) is 5.91 Å². The second-order valence-electron chi connectivity index (χ2n) is 7.63. The molecule has 0 radical (unpaired) electrons. The third-order valence-electron chi connectivity index (χ3n) is 5.39. The van der Waals surface area contributed by atoms with Crippen LogP contribution in [0.15, 0.2) is 47.3 Å². The van der Waals surface area contributed by atoms with E-state index in [9.17, 15) is 14.4 Å². The number of ether oxygens (including phenoxy) is 2. The molecule has 1 saturated heterocycles. The fraction of sp³-hybridized carbons (Fsp3) is 0.304. The molecule has 1 N–H and O–H groups in total. The monoisotopic (exact) mass is 421 g/mol. The molecule has 0 saturated carbocycles. The summed E-state index contributed by atoms with van der Waals surface area (Å²) in [7, 11) is 1.54. The quantitative estimate of drug-likeness (QED) is 0.636. The highest BCUT2D eigenvalue weighted by molar-refractivity contribution is 6.00. The number of rotatable bonds is 5. The van der Waals surface area contributed by atoms with Crippen molar-refractivity contribution in [2.24, 2.45) is 5.92 Å². The highest BCUT2D eigenvalue weighted by atomic mass is 16.5. The smallest absolute Gasteiger partial charge is 0.311 e. The summed E-state index contributed by atoms with van der Waals surface area (Å²) in [5.41, 5.74) is 1.85. The Labute approximate surface area is 178 Å². The van der Waals surface area contributed by atoms with Crippen molar-refractivity contribution in [3.63, 3.8) is 0 Å². The van der Waals surface area contributed by atoms with E-state index < -0.39 is 18.0 Å². The Kier molecular flexibility index (Phi) is 5.46. The van der Waals surface area contributed by atoms with Crippen molar-refractivity contribution < 1.29 is 19.1 Å². The van der Waals surface area contributed by atoms with Gasteiger partial charge in [0.05, 0.1) is 29.6 Å². The topological polar surface area (TPSA) is 102 Å². The number of anilines is 1. The molecule has 4 rings (SSSR count). The minimum atomic E-state index is -0.762. The lowest BCUT2D eigenvalue weighted by atomic mass is 10.1. The Hall–Kier alpha value is -3.68. The molecule has 1 aliphatic heterocycles. The fourth-order valence-corrected chi connectivity index (χ4v) is 3.73. The molecule has 8 nitrogen and oxygen atoms in total. The van der Waals surface area contributed by atoms with Crippen LogP contribution in [0.4, 0.5) is 5.69 Å². The van der Waals surface area contributed by atoms with E-state index in [1.807, 2.05) is 19.1 Å². The molecule has 160 valence electrons. The van der Waals surface area contributed by atoms with Gasteiger partial charge in [-0.15, -0.1) is 0 Å². The van der Waals surface area contributed by atoms with Crippen molar-refractivity contribution in [1.82, 2.24) is 9.97 Å². The summed E-state index contributed by atoms with van der Waals surface area (Å²) in [6.07, 6.45) is -0.716. The number of benzene rings is 2. The Bertz CT molecular complexity index is 1220. The van der Waals surface area contributed by atoms with E-state index in [1.54, 1.807) is 49.3 Å². The zero-order chi connectivity index (χ0) is 22.1. The molecular weight excluding hydrogens is 398 g/mol. The minimum absolute atomic E-state index is 0.0460. The zero-order valence-electron chi connectivity index (χ0n) is 17.5. The van der Waals surface area contributed by atoms with Gasteiger partial charge >= 0.3 is 5.97 Å². The van der Waals surface area contributed by atoms with Crippen LogP contribution in [-0.4, -0.2) is 35.5 Å². The first kappa shape index (κ1) is 20.6. The lowest BCUT2D eigenvalue weighted by Gasteiger charge is -2.20. The number of fused-ring (bicyclic) bond motifs is 1. The highest BCUT2D eigenvalue weighted by Crippen LogP contribution is 2.34. The second-order valence-corrected chi connectivity index (χ2v) is 7.63. The van der Waals surface area contributed by atoms with Crippen LogP contribution >= 0.6 is 0 Å². The van der Waals surface area contributed by atoms with Gasteiger partial charge in [0.15, 0.2) is 11.9 Å². The molecule has 0 aliphatic carbocycles. The number of aromatic nitrogens is 2. The highest BCUT2D eigenvalue weighted by Gasteiger charge is 2.38. The third kappa shape index (κ3) is 4.01. The summed E-state index contributed by atoms with van der Waals surface area (Å²) in [4.78, 5) is 46.3. The lowest BCUT2D eigenvalue weighted by Crippen LogP contribution is -2.27. The van der Waals surface area contributed by atoms with Gasteiger partial charge in [0.25, 0.3) is 5.56 Å². The molecule has 2 atom stereocenters.